The Morgan fingerprint density at radius 1 is 1.11 bits per heavy atom. The third-order valence-corrected chi connectivity index (χ3v) is 6.06. The molecule has 3 amide bonds. The molecule has 0 spiro atoms. The SMILES string of the molecule is COc1ccc(C(=O)NC2C(=O)NC(SCC(=O)Nc3cccc(C(F)(F)F)c3)NC2N)cc1OC. The number of ether oxygens (including phenoxy) is 2. The molecule has 1 fully saturated rings. The molecule has 194 valence electrons. The van der Waals surface area contributed by atoms with E-state index in [1.807, 2.05) is 0 Å². The third kappa shape index (κ3) is 6.80. The molecule has 1 aliphatic heterocycles. The summed E-state index contributed by atoms with van der Waals surface area (Å²) in [4.78, 5) is 37.4. The van der Waals surface area contributed by atoms with Crippen LogP contribution in [0.3, 0.4) is 0 Å². The first kappa shape index (κ1) is 27.1. The number of hydrogen-bond donors (Lipinski definition) is 5. The predicted molar refractivity (Wildman–Crippen MR) is 126 cm³/mol. The van der Waals surface area contributed by atoms with Gasteiger partial charge in [-0.15, -0.1) is 11.8 Å². The van der Waals surface area contributed by atoms with E-state index in [0.717, 1.165) is 23.9 Å². The summed E-state index contributed by atoms with van der Waals surface area (Å²) in [6, 6.07) is 7.63. The van der Waals surface area contributed by atoms with Gasteiger partial charge in [0.25, 0.3) is 5.91 Å². The molecule has 0 radical (unpaired) electrons. The smallest absolute Gasteiger partial charge is 0.416 e. The van der Waals surface area contributed by atoms with Crippen LogP contribution in [0.2, 0.25) is 0 Å². The molecular weight excluding hydrogens is 503 g/mol. The fourth-order valence-electron chi connectivity index (χ4n) is 3.27. The summed E-state index contributed by atoms with van der Waals surface area (Å²) in [5.74, 6) is -1.15. The molecule has 2 aromatic carbocycles. The highest BCUT2D eigenvalue weighted by Gasteiger charge is 2.36. The number of methoxy groups -OCH3 is 2. The number of carbonyl (C=O) groups excluding carboxylic acids is 3. The van der Waals surface area contributed by atoms with Gasteiger partial charge in [-0.3, -0.25) is 19.7 Å². The number of nitrogens with two attached hydrogens (primary N) is 1. The van der Waals surface area contributed by atoms with Crippen LogP contribution < -0.4 is 36.5 Å². The van der Waals surface area contributed by atoms with Crippen molar-refractivity contribution in [1.29, 1.82) is 0 Å². The van der Waals surface area contributed by atoms with E-state index in [1.165, 1.54) is 38.5 Å². The van der Waals surface area contributed by atoms with Crippen molar-refractivity contribution in [3.63, 3.8) is 0 Å². The van der Waals surface area contributed by atoms with Crippen LogP contribution >= 0.6 is 11.8 Å². The van der Waals surface area contributed by atoms with Crippen LogP contribution in [-0.4, -0.2) is 55.4 Å². The van der Waals surface area contributed by atoms with Crippen molar-refractivity contribution < 1.29 is 37.0 Å². The highest BCUT2D eigenvalue weighted by atomic mass is 32.2. The van der Waals surface area contributed by atoms with Gasteiger partial charge in [-0.25, -0.2) is 0 Å². The van der Waals surface area contributed by atoms with E-state index in [9.17, 15) is 27.6 Å². The van der Waals surface area contributed by atoms with Gasteiger partial charge in [-0.1, -0.05) is 6.07 Å². The Kier molecular flexibility index (Phi) is 8.66. The quantitative estimate of drug-likeness (QED) is 0.347. The Morgan fingerprint density at radius 2 is 1.83 bits per heavy atom. The Bertz CT molecular complexity index is 1130. The molecule has 3 atom stereocenters. The molecule has 0 saturated carbocycles. The van der Waals surface area contributed by atoms with Crippen molar-refractivity contribution in [3.8, 4) is 11.5 Å². The van der Waals surface area contributed by atoms with Crippen molar-refractivity contribution in [2.75, 3.05) is 25.3 Å². The highest BCUT2D eigenvalue weighted by Crippen LogP contribution is 2.31. The number of anilines is 1. The number of benzene rings is 2. The Hall–Kier alpha value is -3.49. The van der Waals surface area contributed by atoms with Crippen LogP contribution in [0, 0.1) is 0 Å². The molecule has 0 aliphatic carbocycles. The number of thioether (sulfide) groups is 1. The molecule has 14 heteroatoms. The predicted octanol–water partition coefficient (Wildman–Crippen LogP) is 1.48. The van der Waals surface area contributed by atoms with Crippen molar-refractivity contribution in [2.24, 2.45) is 5.73 Å². The lowest BCUT2D eigenvalue weighted by Crippen LogP contribution is -2.70. The maximum atomic E-state index is 12.8. The van der Waals surface area contributed by atoms with Crippen LogP contribution in [-0.2, 0) is 15.8 Å². The normalized spacial score (nSPS) is 19.7. The lowest BCUT2D eigenvalue weighted by molar-refractivity contribution is -0.137. The van der Waals surface area contributed by atoms with E-state index < -0.39 is 47.2 Å². The molecule has 2 aromatic rings. The number of hydrogen-bond acceptors (Lipinski definition) is 8. The number of halogens is 3. The number of nitrogens with one attached hydrogen (secondary N) is 4. The Labute approximate surface area is 208 Å². The molecule has 3 rings (SSSR count). The zero-order chi connectivity index (χ0) is 26.5. The lowest BCUT2D eigenvalue weighted by atomic mass is 10.1. The second-order valence-electron chi connectivity index (χ2n) is 7.54. The van der Waals surface area contributed by atoms with Crippen LogP contribution in [0.25, 0.3) is 0 Å². The minimum atomic E-state index is -4.53. The third-order valence-electron chi connectivity index (χ3n) is 5.05. The molecule has 10 nitrogen and oxygen atoms in total. The van der Waals surface area contributed by atoms with Gasteiger partial charge in [0.1, 0.15) is 11.5 Å². The van der Waals surface area contributed by atoms with Gasteiger partial charge in [0.2, 0.25) is 11.8 Å². The van der Waals surface area contributed by atoms with Crippen molar-refractivity contribution >= 4 is 35.2 Å². The van der Waals surface area contributed by atoms with Crippen LogP contribution in [0.15, 0.2) is 42.5 Å². The summed E-state index contributed by atoms with van der Waals surface area (Å²) in [5, 5.41) is 10.4. The monoisotopic (exact) mass is 527 g/mol. The summed E-state index contributed by atoms with van der Waals surface area (Å²) >= 11 is 0.968. The second-order valence-corrected chi connectivity index (χ2v) is 8.63. The Morgan fingerprint density at radius 3 is 2.47 bits per heavy atom. The summed E-state index contributed by atoms with van der Waals surface area (Å²) in [6.07, 6.45) is -5.51. The fourth-order valence-corrected chi connectivity index (χ4v) is 4.11. The van der Waals surface area contributed by atoms with Gasteiger partial charge in [0, 0.05) is 11.3 Å². The van der Waals surface area contributed by atoms with E-state index in [0.29, 0.717) is 11.5 Å². The van der Waals surface area contributed by atoms with E-state index in [1.54, 1.807) is 6.07 Å². The maximum Gasteiger partial charge on any atom is 0.416 e. The van der Waals surface area contributed by atoms with Crippen LogP contribution in [0.5, 0.6) is 11.5 Å². The number of alkyl halides is 3. The molecule has 6 N–H and O–H groups in total. The van der Waals surface area contributed by atoms with E-state index in [4.69, 9.17) is 15.2 Å². The summed E-state index contributed by atoms with van der Waals surface area (Å²) < 4.78 is 48.8. The average molecular weight is 528 g/mol. The lowest BCUT2D eigenvalue weighted by Gasteiger charge is -2.35. The summed E-state index contributed by atoms with van der Waals surface area (Å²) in [7, 11) is 2.88. The molecular formula is C22H24F3N5O5S. The standard InChI is InChI=1S/C22H24F3N5O5S/c1-34-14-7-6-11(8-15(14)35-2)19(32)28-17-18(26)29-21(30-20(17)33)36-10-16(31)27-13-5-3-4-12(9-13)22(23,24)25/h3-9,17-18,21,29H,10,26H2,1-2H3,(H,27,31)(H,28,32)(H,30,33). The molecule has 0 bridgehead atoms. The molecule has 1 heterocycles. The largest absolute Gasteiger partial charge is 0.493 e. The van der Waals surface area contributed by atoms with E-state index >= 15 is 0 Å². The van der Waals surface area contributed by atoms with Gasteiger partial charge >= 0.3 is 6.18 Å². The first-order chi connectivity index (χ1) is 17.0. The minimum Gasteiger partial charge on any atom is -0.493 e. The highest BCUT2D eigenvalue weighted by molar-refractivity contribution is 8.00. The summed E-state index contributed by atoms with van der Waals surface area (Å²) in [5.41, 5.74) is 4.58. The number of amides is 3. The van der Waals surface area contributed by atoms with Crippen molar-refractivity contribution in [2.45, 2.75) is 23.9 Å². The van der Waals surface area contributed by atoms with Gasteiger partial charge < -0.3 is 31.2 Å². The van der Waals surface area contributed by atoms with Crippen LogP contribution in [0.4, 0.5) is 18.9 Å². The molecule has 0 aromatic heterocycles. The maximum absolute atomic E-state index is 12.8. The van der Waals surface area contributed by atoms with Gasteiger partial charge in [-0.05, 0) is 36.4 Å². The van der Waals surface area contributed by atoms with Gasteiger partial charge in [0.05, 0.1) is 31.7 Å². The molecule has 36 heavy (non-hydrogen) atoms. The minimum absolute atomic E-state index is 0.00861. The molecule has 1 saturated heterocycles. The zero-order valence-electron chi connectivity index (χ0n) is 19.1. The van der Waals surface area contributed by atoms with Gasteiger partial charge in [0.15, 0.2) is 11.5 Å². The van der Waals surface area contributed by atoms with Crippen molar-refractivity contribution in [3.05, 3.63) is 53.6 Å². The Balaban J connectivity index is 1.52. The average Bonchev–Trinajstić information content (AvgIpc) is 2.84. The van der Waals surface area contributed by atoms with Crippen LogP contribution in [0.1, 0.15) is 15.9 Å². The fraction of sp³-hybridized carbons (Fsp3) is 0.318. The summed E-state index contributed by atoms with van der Waals surface area (Å²) in [6.45, 7) is 0. The first-order valence-electron chi connectivity index (χ1n) is 10.5. The molecule has 1 aliphatic rings. The van der Waals surface area contributed by atoms with E-state index in [-0.39, 0.29) is 17.0 Å². The number of carbonyl (C=O) groups is 3. The van der Waals surface area contributed by atoms with Gasteiger partial charge in [-0.2, -0.15) is 13.2 Å². The topological polar surface area (TPSA) is 144 Å². The molecule has 3 unspecified atom stereocenters. The second kappa shape index (κ2) is 11.5. The van der Waals surface area contributed by atoms with E-state index in [2.05, 4.69) is 21.3 Å². The first-order valence-corrected chi connectivity index (χ1v) is 11.5. The van der Waals surface area contributed by atoms with Crippen molar-refractivity contribution in [1.82, 2.24) is 16.0 Å². The zero-order valence-corrected chi connectivity index (χ0v) is 20.0. The number of rotatable bonds is 8.